The number of benzene rings is 1. The highest BCUT2D eigenvalue weighted by atomic mass is 16.5. The van der Waals surface area contributed by atoms with Gasteiger partial charge in [0, 0.05) is 32.2 Å². The van der Waals surface area contributed by atoms with Gasteiger partial charge in [-0.15, -0.1) is 0 Å². The fourth-order valence-corrected chi connectivity index (χ4v) is 2.39. The maximum absolute atomic E-state index is 12.4. The Morgan fingerprint density at radius 2 is 2.04 bits per heavy atom. The van der Waals surface area contributed by atoms with Crippen molar-refractivity contribution >= 4 is 5.91 Å². The predicted octanol–water partition coefficient (Wildman–Crippen LogP) is 2.38. The smallest absolute Gasteiger partial charge is 0.270 e. The lowest BCUT2D eigenvalue weighted by atomic mass is 10.1. The Kier molecular flexibility index (Phi) is 4.98. The van der Waals surface area contributed by atoms with E-state index in [2.05, 4.69) is 15.4 Å². The summed E-state index contributed by atoms with van der Waals surface area (Å²) in [5.74, 6) is -0.248. The highest BCUT2D eigenvalue weighted by molar-refractivity contribution is 5.92. The molecule has 0 aliphatic heterocycles. The van der Waals surface area contributed by atoms with E-state index in [1.54, 1.807) is 36.3 Å². The van der Waals surface area contributed by atoms with E-state index in [4.69, 9.17) is 4.74 Å². The van der Waals surface area contributed by atoms with Crippen LogP contribution in [0.2, 0.25) is 0 Å². The van der Waals surface area contributed by atoms with Gasteiger partial charge in [-0.3, -0.25) is 9.78 Å². The number of rotatable bonds is 6. The zero-order chi connectivity index (χ0) is 16.8. The van der Waals surface area contributed by atoms with Gasteiger partial charge in [-0.2, -0.15) is 5.10 Å². The van der Waals surface area contributed by atoms with Gasteiger partial charge in [0.1, 0.15) is 5.69 Å². The Hall–Kier alpha value is -2.99. The van der Waals surface area contributed by atoms with Crippen LogP contribution in [-0.4, -0.2) is 34.3 Å². The number of pyridine rings is 1. The molecule has 24 heavy (non-hydrogen) atoms. The van der Waals surface area contributed by atoms with Crippen molar-refractivity contribution in [3.63, 3.8) is 0 Å². The van der Waals surface area contributed by atoms with Crippen LogP contribution < -0.4 is 5.32 Å². The van der Waals surface area contributed by atoms with Crippen LogP contribution in [0.4, 0.5) is 0 Å². The Balaban J connectivity index is 1.68. The number of nitrogens with zero attached hydrogens (tertiary/aromatic N) is 3. The highest BCUT2D eigenvalue weighted by Crippen LogP contribution is 2.15. The van der Waals surface area contributed by atoms with E-state index >= 15 is 0 Å². The van der Waals surface area contributed by atoms with E-state index in [9.17, 15) is 4.79 Å². The molecule has 1 aromatic carbocycles. The van der Waals surface area contributed by atoms with Crippen LogP contribution >= 0.6 is 0 Å². The van der Waals surface area contributed by atoms with Crippen LogP contribution in [0.1, 0.15) is 22.2 Å². The SMILES string of the molecule is COC(CNC(=O)c1cc(-n2cccn2)ccn1)c1ccccc1. The summed E-state index contributed by atoms with van der Waals surface area (Å²) in [5.41, 5.74) is 2.14. The molecule has 0 aliphatic rings. The largest absolute Gasteiger partial charge is 0.375 e. The first-order chi connectivity index (χ1) is 11.8. The lowest BCUT2D eigenvalue weighted by Crippen LogP contribution is -2.29. The first kappa shape index (κ1) is 15.9. The predicted molar refractivity (Wildman–Crippen MR) is 89.9 cm³/mol. The minimum atomic E-state index is -0.248. The number of carbonyl (C=O) groups excluding carboxylic acids is 1. The molecule has 0 fully saturated rings. The minimum absolute atomic E-state index is 0.204. The van der Waals surface area contributed by atoms with Gasteiger partial charge < -0.3 is 10.1 Å². The van der Waals surface area contributed by atoms with Crippen LogP contribution in [0.25, 0.3) is 5.69 Å². The second-order valence-corrected chi connectivity index (χ2v) is 5.19. The lowest BCUT2D eigenvalue weighted by molar-refractivity contribution is 0.0824. The number of carbonyl (C=O) groups is 1. The lowest BCUT2D eigenvalue weighted by Gasteiger charge is -2.16. The topological polar surface area (TPSA) is 69.0 Å². The Morgan fingerprint density at radius 1 is 1.21 bits per heavy atom. The average molecular weight is 322 g/mol. The van der Waals surface area contributed by atoms with Crippen molar-refractivity contribution < 1.29 is 9.53 Å². The zero-order valence-electron chi connectivity index (χ0n) is 13.3. The van der Waals surface area contributed by atoms with Crippen molar-refractivity contribution in [2.45, 2.75) is 6.10 Å². The average Bonchev–Trinajstić information content (AvgIpc) is 3.18. The normalized spacial score (nSPS) is 11.9. The standard InChI is InChI=1S/C18H18N4O2/c1-24-17(14-6-3-2-4-7-14)13-20-18(23)16-12-15(8-10-19-16)22-11-5-9-21-22/h2-12,17H,13H2,1H3,(H,20,23). The molecular formula is C18H18N4O2. The monoisotopic (exact) mass is 322 g/mol. The van der Waals surface area contributed by atoms with E-state index in [1.165, 1.54) is 0 Å². The Bertz CT molecular complexity index is 788. The van der Waals surface area contributed by atoms with E-state index in [0.29, 0.717) is 12.2 Å². The third kappa shape index (κ3) is 3.67. The number of ether oxygens (including phenoxy) is 1. The fourth-order valence-electron chi connectivity index (χ4n) is 2.39. The van der Waals surface area contributed by atoms with Gasteiger partial charge in [-0.25, -0.2) is 4.68 Å². The van der Waals surface area contributed by atoms with Crippen molar-refractivity contribution in [1.29, 1.82) is 0 Å². The highest BCUT2D eigenvalue weighted by Gasteiger charge is 2.14. The van der Waals surface area contributed by atoms with Gasteiger partial charge in [-0.1, -0.05) is 30.3 Å². The maximum atomic E-state index is 12.4. The first-order valence-electron chi connectivity index (χ1n) is 7.60. The third-order valence-corrected chi connectivity index (χ3v) is 3.65. The van der Waals surface area contributed by atoms with E-state index < -0.39 is 0 Å². The van der Waals surface area contributed by atoms with Gasteiger partial charge in [0.25, 0.3) is 5.91 Å². The number of nitrogens with one attached hydrogen (secondary N) is 1. The quantitative estimate of drug-likeness (QED) is 0.756. The molecule has 0 radical (unpaired) electrons. The molecule has 3 rings (SSSR count). The molecule has 0 saturated heterocycles. The van der Waals surface area contributed by atoms with E-state index in [-0.39, 0.29) is 12.0 Å². The summed E-state index contributed by atoms with van der Waals surface area (Å²) in [6, 6.07) is 15.1. The van der Waals surface area contributed by atoms with E-state index in [1.807, 2.05) is 42.6 Å². The molecule has 2 aromatic heterocycles. The number of methoxy groups -OCH3 is 1. The second-order valence-electron chi connectivity index (χ2n) is 5.19. The zero-order valence-corrected chi connectivity index (χ0v) is 13.3. The molecule has 1 amide bonds. The van der Waals surface area contributed by atoms with Crippen LogP contribution in [0.15, 0.2) is 67.1 Å². The Morgan fingerprint density at radius 3 is 2.75 bits per heavy atom. The molecule has 0 bridgehead atoms. The van der Waals surface area contributed by atoms with Gasteiger partial charge in [0.15, 0.2) is 0 Å². The summed E-state index contributed by atoms with van der Waals surface area (Å²) in [6.07, 6.45) is 4.89. The molecule has 6 heteroatoms. The molecule has 122 valence electrons. The second kappa shape index (κ2) is 7.52. The summed E-state index contributed by atoms with van der Waals surface area (Å²) in [7, 11) is 1.63. The van der Waals surface area contributed by atoms with Crippen molar-refractivity contribution in [2.75, 3.05) is 13.7 Å². The molecule has 1 N–H and O–H groups in total. The molecular weight excluding hydrogens is 304 g/mol. The molecule has 1 atom stereocenters. The van der Waals surface area contributed by atoms with Gasteiger partial charge in [0.05, 0.1) is 11.8 Å². The fraction of sp³-hybridized carbons (Fsp3) is 0.167. The molecule has 1 unspecified atom stereocenters. The van der Waals surface area contributed by atoms with Crippen LogP contribution in [-0.2, 0) is 4.74 Å². The summed E-state index contributed by atoms with van der Waals surface area (Å²) < 4.78 is 7.14. The van der Waals surface area contributed by atoms with Crippen molar-refractivity contribution in [1.82, 2.24) is 20.1 Å². The summed E-state index contributed by atoms with van der Waals surface area (Å²) >= 11 is 0. The number of amides is 1. The van der Waals surface area contributed by atoms with E-state index in [0.717, 1.165) is 11.3 Å². The summed E-state index contributed by atoms with van der Waals surface area (Å²) in [5, 5.41) is 7.02. The van der Waals surface area contributed by atoms with Gasteiger partial charge in [0.2, 0.25) is 0 Å². The number of aromatic nitrogens is 3. The van der Waals surface area contributed by atoms with Crippen molar-refractivity contribution in [2.24, 2.45) is 0 Å². The minimum Gasteiger partial charge on any atom is -0.375 e. The number of hydrogen-bond donors (Lipinski definition) is 1. The maximum Gasteiger partial charge on any atom is 0.270 e. The van der Waals surface area contributed by atoms with Crippen LogP contribution in [0.3, 0.4) is 0 Å². The van der Waals surface area contributed by atoms with Crippen LogP contribution in [0, 0.1) is 0 Å². The third-order valence-electron chi connectivity index (χ3n) is 3.65. The molecule has 6 nitrogen and oxygen atoms in total. The van der Waals surface area contributed by atoms with Gasteiger partial charge in [-0.05, 0) is 23.8 Å². The van der Waals surface area contributed by atoms with Gasteiger partial charge >= 0.3 is 0 Å². The van der Waals surface area contributed by atoms with Crippen molar-refractivity contribution in [3.8, 4) is 5.69 Å². The van der Waals surface area contributed by atoms with Crippen LogP contribution in [0.5, 0.6) is 0 Å². The Labute approximate surface area is 140 Å². The summed E-state index contributed by atoms with van der Waals surface area (Å²) in [6.45, 7) is 0.368. The molecule has 0 aliphatic carbocycles. The first-order valence-corrected chi connectivity index (χ1v) is 7.60. The molecule has 3 aromatic rings. The molecule has 0 saturated carbocycles. The number of hydrogen-bond acceptors (Lipinski definition) is 4. The summed E-state index contributed by atoms with van der Waals surface area (Å²) in [4.78, 5) is 16.5. The molecule has 2 heterocycles. The van der Waals surface area contributed by atoms with Crippen molar-refractivity contribution in [3.05, 3.63) is 78.4 Å². The molecule has 0 spiro atoms.